The van der Waals surface area contributed by atoms with Crippen LogP contribution in [0.25, 0.3) is 0 Å². The van der Waals surface area contributed by atoms with Crippen LogP contribution in [0.3, 0.4) is 0 Å². The summed E-state index contributed by atoms with van der Waals surface area (Å²) in [6, 6.07) is 0. The fraction of sp³-hybridized carbons (Fsp3) is 1.00. The second-order valence-corrected chi connectivity index (χ2v) is 3.27. The van der Waals surface area contributed by atoms with Gasteiger partial charge >= 0.3 is 0 Å². The van der Waals surface area contributed by atoms with Crippen molar-refractivity contribution in [2.24, 2.45) is 0 Å². The number of aliphatic hydroxyl groups excluding tert-OH is 2. The van der Waals surface area contributed by atoms with Crippen LogP contribution in [0.4, 0.5) is 0 Å². The summed E-state index contributed by atoms with van der Waals surface area (Å²) in [5.74, 6) is 0. The summed E-state index contributed by atoms with van der Waals surface area (Å²) < 4.78 is 10.3. The van der Waals surface area contributed by atoms with Crippen LogP contribution in [0.1, 0.15) is 41.5 Å². The lowest BCUT2D eigenvalue weighted by molar-refractivity contribution is -0.0177. The van der Waals surface area contributed by atoms with Crippen molar-refractivity contribution < 1.29 is 19.7 Å². The van der Waals surface area contributed by atoms with E-state index < -0.39 is 0 Å². The van der Waals surface area contributed by atoms with Crippen LogP contribution in [-0.4, -0.2) is 48.8 Å². The SMILES string of the molecule is C.C.CCC(O)COCCOCC(O)CC. The van der Waals surface area contributed by atoms with E-state index in [4.69, 9.17) is 19.7 Å². The Kier molecular flexibility index (Phi) is 19.6. The fourth-order valence-electron chi connectivity index (χ4n) is 0.792. The van der Waals surface area contributed by atoms with Crippen LogP contribution < -0.4 is 0 Å². The van der Waals surface area contributed by atoms with E-state index in [0.717, 1.165) is 0 Å². The minimum atomic E-state index is -0.378. The highest BCUT2D eigenvalue weighted by atomic mass is 16.5. The lowest BCUT2D eigenvalue weighted by atomic mass is 10.3. The van der Waals surface area contributed by atoms with Crippen molar-refractivity contribution in [3.05, 3.63) is 0 Å². The minimum absolute atomic E-state index is 0. The molecule has 4 heteroatoms. The van der Waals surface area contributed by atoms with E-state index in [0.29, 0.717) is 39.3 Å². The molecule has 0 fully saturated rings. The minimum Gasteiger partial charge on any atom is -0.391 e. The number of hydrogen-bond acceptors (Lipinski definition) is 4. The van der Waals surface area contributed by atoms with Gasteiger partial charge in [0.25, 0.3) is 0 Å². The first-order chi connectivity index (χ1) is 6.70. The molecule has 0 bridgehead atoms. The molecule has 0 rings (SSSR count). The van der Waals surface area contributed by atoms with Crippen molar-refractivity contribution in [2.75, 3.05) is 26.4 Å². The maximum Gasteiger partial charge on any atom is 0.0771 e. The lowest BCUT2D eigenvalue weighted by Crippen LogP contribution is -2.19. The molecule has 16 heavy (non-hydrogen) atoms. The van der Waals surface area contributed by atoms with Gasteiger partial charge in [0.15, 0.2) is 0 Å². The smallest absolute Gasteiger partial charge is 0.0771 e. The third kappa shape index (κ3) is 13.8. The van der Waals surface area contributed by atoms with Crippen LogP contribution in [0.15, 0.2) is 0 Å². The number of rotatable bonds is 9. The van der Waals surface area contributed by atoms with Crippen LogP contribution in [0.5, 0.6) is 0 Å². The first-order valence-corrected chi connectivity index (χ1v) is 5.22. The summed E-state index contributed by atoms with van der Waals surface area (Å²) in [7, 11) is 0. The normalized spacial score (nSPS) is 13.5. The van der Waals surface area contributed by atoms with Gasteiger partial charge in [-0.2, -0.15) is 0 Å². The molecule has 2 unspecified atom stereocenters. The molecule has 0 aromatic heterocycles. The van der Waals surface area contributed by atoms with Crippen LogP contribution in [0, 0.1) is 0 Å². The third-order valence-corrected chi connectivity index (χ3v) is 1.93. The molecule has 0 spiro atoms. The number of ether oxygens (including phenoxy) is 2. The summed E-state index contributed by atoms with van der Waals surface area (Å²) in [6.45, 7) is 5.46. The molecule has 2 atom stereocenters. The molecule has 0 saturated carbocycles. The molecule has 0 aromatic rings. The molecule has 0 heterocycles. The maximum atomic E-state index is 9.13. The molecule has 0 aromatic carbocycles. The third-order valence-electron chi connectivity index (χ3n) is 1.93. The van der Waals surface area contributed by atoms with Gasteiger partial charge in [0.1, 0.15) is 0 Å². The quantitative estimate of drug-likeness (QED) is 0.602. The van der Waals surface area contributed by atoms with Crippen molar-refractivity contribution in [3.8, 4) is 0 Å². The van der Waals surface area contributed by atoms with Gasteiger partial charge in [-0.05, 0) is 12.8 Å². The highest BCUT2D eigenvalue weighted by Gasteiger charge is 2.01. The second-order valence-electron chi connectivity index (χ2n) is 3.27. The Morgan fingerprint density at radius 1 is 0.812 bits per heavy atom. The van der Waals surface area contributed by atoms with Crippen molar-refractivity contribution in [1.82, 2.24) is 0 Å². The predicted molar refractivity (Wildman–Crippen MR) is 67.7 cm³/mol. The molecule has 4 nitrogen and oxygen atoms in total. The van der Waals surface area contributed by atoms with Gasteiger partial charge in [-0.15, -0.1) is 0 Å². The zero-order valence-corrected chi connectivity index (χ0v) is 9.11. The van der Waals surface area contributed by atoms with E-state index in [1.165, 1.54) is 0 Å². The molecule has 0 saturated heterocycles. The predicted octanol–water partition coefficient (Wildman–Crippen LogP) is 1.83. The lowest BCUT2D eigenvalue weighted by Gasteiger charge is -2.10. The van der Waals surface area contributed by atoms with Crippen LogP contribution in [0.2, 0.25) is 0 Å². The molecule has 2 N–H and O–H groups in total. The monoisotopic (exact) mass is 238 g/mol. The largest absolute Gasteiger partial charge is 0.391 e. The van der Waals surface area contributed by atoms with E-state index in [2.05, 4.69) is 0 Å². The molecule has 0 aliphatic carbocycles. The molecule has 0 amide bonds. The first-order valence-electron chi connectivity index (χ1n) is 5.22. The highest BCUT2D eigenvalue weighted by molar-refractivity contribution is 4.49. The molecule has 0 radical (unpaired) electrons. The fourth-order valence-corrected chi connectivity index (χ4v) is 0.792. The average molecular weight is 238 g/mol. The summed E-state index contributed by atoms with van der Waals surface area (Å²) in [5, 5.41) is 18.3. The molecule has 102 valence electrons. The molecular weight excluding hydrogens is 208 g/mol. The number of aliphatic hydroxyl groups is 2. The standard InChI is InChI=1S/C10H22O4.2CH4/c1-3-9(11)7-13-5-6-14-8-10(12)4-2;;/h9-12H,3-8H2,1-2H3;2*1H4. The zero-order valence-electron chi connectivity index (χ0n) is 9.11. The van der Waals surface area contributed by atoms with E-state index in [-0.39, 0.29) is 27.1 Å². The summed E-state index contributed by atoms with van der Waals surface area (Å²) in [5.41, 5.74) is 0. The number of hydrogen-bond donors (Lipinski definition) is 2. The second kappa shape index (κ2) is 14.8. The van der Waals surface area contributed by atoms with Gasteiger partial charge in [-0.1, -0.05) is 28.7 Å². The Morgan fingerprint density at radius 2 is 1.12 bits per heavy atom. The van der Waals surface area contributed by atoms with Crippen molar-refractivity contribution in [1.29, 1.82) is 0 Å². The van der Waals surface area contributed by atoms with E-state index in [1.807, 2.05) is 13.8 Å². The van der Waals surface area contributed by atoms with Gasteiger partial charge in [0, 0.05) is 0 Å². The Bertz CT molecular complexity index is 106. The molecule has 0 aliphatic heterocycles. The topological polar surface area (TPSA) is 58.9 Å². The molecule has 0 aliphatic rings. The Hall–Kier alpha value is -0.160. The maximum absolute atomic E-state index is 9.13. The van der Waals surface area contributed by atoms with E-state index >= 15 is 0 Å². The van der Waals surface area contributed by atoms with Crippen molar-refractivity contribution in [3.63, 3.8) is 0 Å². The average Bonchev–Trinajstić information content (AvgIpc) is 2.22. The summed E-state index contributed by atoms with van der Waals surface area (Å²) >= 11 is 0. The Morgan fingerprint density at radius 3 is 1.38 bits per heavy atom. The molecular formula is C12H30O4. The van der Waals surface area contributed by atoms with Crippen LogP contribution in [-0.2, 0) is 9.47 Å². The van der Waals surface area contributed by atoms with Gasteiger partial charge in [-0.3, -0.25) is 0 Å². The highest BCUT2D eigenvalue weighted by Crippen LogP contribution is 1.92. The van der Waals surface area contributed by atoms with E-state index in [1.54, 1.807) is 0 Å². The van der Waals surface area contributed by atoms with Gasteiger partial charge in [0.2, 0.25) is 0 Å². The first kappa shape index (κ1) is 21.2. The van der Waals surface area contributed by atoms with Crippen molar-refractivity contribution >= 4 is 0 Å². The van der Waals surface area contributed by atoms with Gasteiger partial charge in [-0.25, -0.2) is 0 Å². The zero-order chi connectivity index (χ0) is 10.8. The van der Waals surface area contributed by atoms with E-state index in [9.17, 15) is 0 Å². The Labute approximate surface area is 101 Å². The van der Waals surface area contributed by atoms with Crippen molar-refractivity contribution in [2.45, 2.75) is 53.8 Å². The van der Waals surface area contributed by atoms with Gasteiger partial charge in [0.05, 0.1) is 38.6 Å². The van der Waals surface area contributed by atoms with Gasteiger partial charge < -0.3 is 19.7 Å². The summed E-state index contributed by atoms with van der Waals surface area (Å²) in [6.07, 6.45) is 0.651. The Balaban J connectivity index is -0.000000845. The van der Waals surface area contributed by atoms with Crippen LogP contribution >= 0.6 is 0 Å². The summed E-state index contributed by atoms with van der Waals surface area (Å²) in [4.78, 5) is 0.